The molecule has 3 aromatic rings. The van der Waals surface area contributed by atoms with Gasteiger partial charge in [-0.25, -0.2) is 5.43 Å². The van der Waals surface area contributed by atoms with Crippen molar-refractivity contribution in [1.29, 1.82) is 0 Å². The lowest BCUT2D eigenvalue weighted by molar-refractivity contribution is 0.477. The van der Waals surface area contributed by atoms with Gasteiger partial charge < -0.3 is 4.42 Å². The molecule has 0 aliphatic carbocycles. The SMILES string of the molecule is NNC(c1ccc(Cl)cc1)c1cc2cc(Cl)ccc2o1. The fourth-order valence-corrected chi connectivity index (χ4v) is 2.48. The van der Waals surface area contributed by atoms with E-state index in [1.807, 2.05) is 42.5 Å². The Kier molecular flexibility index (Phi) is 3.68. The van der Waals surface area contributed by atoms with Crippen molar-refractivity contribution in [2.24, 2.45) is 5.84 Å². The number of benzene rings is 2. The van der Waals surface area contributed by atoms with Crippen LogP contribution in [0.4, 0.5) is 0 Å². The quantitative estimate of drug-likeness (QED) is 0.560. The molecule has 3 N–H and O–H groups in total. The van der Waals surface area contributed by atoms with Crippen molar-refractivity contribution in [3.05, 3.63) is 69.9 Å². The Labute approximate surface area is 126 Å². The topological polar surface area (TPSA) is 51.2 Å². The summed E-state index contributed by atoms with van der Waals surface area (Å²) in [5, 5.41) is 2.30. The highest BCUT2D eigenvalue weighted by Gasteiger charge is 2.17. The molecule has 0 spiro atoms. The zero-order valence-electron chi connectivity index (χ0n) is 10.4. The van der Waals surface area contributed by atoms with Gasteiger partial charge in [-0.1, -0.05) is 35.3 Å². The first kappa shape index (κ1) is 13.5. The second kappa shape index (κ2) is 5.46. The lowest BCUT2D eigenvalue weighted by Crippen LogP contribution is -2.28. The maximum absolute atomic E-state index is 5.98. The molecule has 0 saturated heterocycles. The van der Waals surface area contributed by atoms with E-state index in [4.69, 9.17) is 33.5 Å². The number of hydrogen-bond acceptors (Lipinski definition) is 3. The van der Waals surface area contributed by atoms with Crippen LogP contribution < -0.4 is 11.3 Å². The lowest BCUT2D eigenvalue weighted by Gasteiger charge is -2.13. The van der Waals surface area contributed by atoms with Crippen molar-refractivity contribution in [3.63, 3.8) is 0 Å². The smallest absolute Gasteiger partial charge is 0.134 e. The molecule has 0 saturated carbocycles. The van der Waals surface area contributed by atoms with Crippen LogP contribution in [-0.2, 0) is 0 Å². The predicted octanol–water partition coefficient (Wildman–Crippen LogP) is 4.29. The molecule has 102 valence electrons. The summed E-state index contributed by atoms with van der Waals surface area (Å²) in [4.78, 5) is 0. The molecule has 5 heteroatoms. The summed E-state index contributed by atoms with van der Waals surface area (Å²) in [6, 6.07) is 14.7. The molecule has 1 unspecified atom stereocenters. The van der Waals surface area contributed by atoms with E-state index >= 15 is 0 Å². The highest BCUT2D eigenvalue weighted by Crippen LogP contribution is 2.29. The predicted molar refractivity (Wildman–Crippen MR) is 81.8 cm³/mol. The summed E-state index contributed by atoms with van der Waals surface area (Å²) >= 11 is 11.9. The Morgan fingerprint density at radius 3 is 2.35 bits per heavy atom. The van der Waals surface area contributed by atoms with E-state index < -0.39 is 0 Å². The average molecular weight is 307 g/mol. The minimum absolute atomic E-state index is 0.238. The molecule has 1 aromatic heterocycles. The van der Waals surface area contributed by atoms with Gasteiger partial charge in [0, 0.05) is 15.4 Å². The van der Waals surface area contributed by atoms with Gasteiger partial charge in [0.25, 0.3) is 0 Å². The standard InChI is InChI=1S/C15H12Cl2N2O/c16-11-3-1-9(2-4-11)15(19-18)14-8-10-7-12(17)5-6-13(10)20-14/h1-8,15,19H,18H2. The number of nitrogens with two attached hydrogens (primary N) is 1. The molecule has 0 aliphatic heterocycles. The molecular weight excluding hydrogens is 295 g/mol. The average Bonchev–Trinajstić information content (AvgIpc) is 2.84. The Morgan fingerprint density at radius 2 is 1.65 bits per heavy atom. The Balaban J connectivity index is 2.04. The summed E-state index contributed by atoms with van der Waals surface area (Å²) in [5.74, 6) is 6.39. The van der Waals surface area contributed by atoms with Crippen molar-refractivity contribution in [1.82, 2.24) is 5.43 Å². The van der Waals surface area contributed by atoms with E-state index in [1.54, 1.807) is 6.07 Å². The molecule has 0 amide bonds. The van der Waals surface area contributed by atoms with Gasteiger partial charge in [-0.15, -0.1) is 0 Å². The summed E-state index contributed by atoms with van der Waals surface area (Å²) in [5.41, 5.74) is 4.51. The van der Waals surface area contributed by atoms with E-state index in [2.05, 4.69) is 5.43 Å². The molecule has 20 heavy (non-hydrogen) atoms. The van der Waals surface area contributed by atoms with Gasteiger partial charge in [-0.2, -0.15) is 0 Å². The molecule has 0 fully saturated rings. The van der Waals surface area contributed by atoms with E-state index in [0.29, 0.717) is 10.0 Å². The van der Waals surface area contributed by atoms with Crippen LogP contribution in [0.1, 0.15) is 17.4 Å². The van der Waals surface area contributed by atoms with Crippen molar-refractivity contribution in [2.45, 2.75) is 6.04 Å². The van der Waals surface area contributed by atoms with Crippen LogP contribution in [0.2, 0.25) is 10.0 Å². The van der Waals surface area contributed by atoms with Crippen molar-refractivity contribution in [3.8, 4) is 0 Å². The maximum atomic E-state index is 5.98. The van der Waals surface area contributed by atoms with E-state index in [1.165, 1.54) is 0 Å². The largest absolute Gasteiger partial charge is 0.459 e. The molecule has 1 heterocycles. The highest BCUT2D eigenvalue weighted by molar-refractivity contribution is 6.31. The number of hydrogen-bond donors (Lipinski definition) is 2. The number of halogens is 2. The zero-order chi connectivity index (χ0) is 14.1. The molecule has 0 bridgehead atoms. The molecule has 1 atom stereocenters. The van der Waals surface area contributed by atoms with Crippen molar-refractivity contribution < 1.29 is 4.42 Å². The number of fused-ring (bicyclic) bond motifs is 1. The van der Waals surface area contributed by atoms with Gasteiger partial charge in [0.05, 0.1) is 0 Å². The Morgan fingerprint density at radius 1 is 0.950 bits per heavy atom. The first-order valence-electron chi connectivity index (χ1n) is 6.08. The molecule has 2 aromatic carbocycles. The number of hydrazine groups is 1. The summed E-state index contributed by atoms with van der Waals surface area (Å²) in [6.45, 7) is 0. The van der Waals surface area contributed by atoms with E-state index in [-0.39, 0.29) is 6.04 Å². The maximum Gasteiger partial charge on any atom is 0.134 e. The van der Waals surface area contributed by atoms with Crippen LogP contribution in [0.3, 0.4) is 0 Å². The van der Waals surface area contributed by atoms with Crippen LogP contribution in [-0.4, -0.2) is 0 Å². The summed E-state index contributed by atoms with van der Waals surface area (Å²) in [6.07, 6.45) is 0. The number of furan rings is 1. The highest BCUT2D eigenvalue weighted by atomic mass is 35.5. The van der Waals surface area contributed by atoms with Gasteiger partial charge in [0.15, 0.2) is 0 Å². The van der Waals surface area contributed by atoms with Crippen LogP contribution in [0.15, 0.2) is 52.9 Å². The van der Waals surface area contributed by atoms with Crippen LogP contribution in [0.5, 0.6) is 0 Å². The van der Waals surface area contributed by atoms with Gasteiger partial charge >= 0.3 is 0 Å². The summed E-state index contributed by atoms with van der Waals surface area (Å²) in [7, 11) is 0. The molecule has 0 aliphatic rings. The van der Waals surface area contributed by atoms with Crippen LogP contribution in [0.25, 0.3) is 11.0 Å². The third kappa shape index (κ3) is 2.53. The molecule has 3 nitrogen and oxygen atoms in total. The first-order valence-corrected chi connectivity index (χ1v) is 6.83. The number of nitrogens with one attached hydrogen (secondary N) is 1. The Hall–Kier alpha value is -1.52. The normalized spacial score (nSPS) is 12.8. The fourth-order valence-electron chi connectivity index (χ4n) is 2.17. The number of rotatable bonds is 3. The summed E-state index contributed by atoms with van der Waals surface area (Å²) < 4.78 is 5.83. The van der Waals surface area contributed by atoms with Gasteiger partial charge in [0.1, 0.15) is 17.4 Å². The monoisotopic (exact) mass is 306 g/mol. The van der Waals surface area contributed by atoms with Crippen molar-refractivity contribution >= 4 is 34.2 Å². The third-order valence-electron chi connectivity index (χ3n) is 3.15. The zero-order valence-corrected chi connectivity index (χ0v) is 11.9. The van der Waals surface area contributed by atoms with Gasteiger partial charge in [-0.3, -0.25) is 5.84 Å². The first-order chi connectivity index (χ1) is 9.67. The minimum Gasteiger partial charge on any atom is -0.459 e. The Bertz CT molecular complexity index is 737. The third-order valence-corrected chi connectivity index (χ3v) is 3.64. The molecule has 0 radical (unpaired) electrons. The molecule has 3 rings (SSSR count). The van der Waals surface area contributed by atoms with E-state index in [0.717, 1.165) is 22.3 Å². The second-order valence-corrected chi connectivity index (χ2v) is 5.36. The lowest BCUT2D eigenvalue weighted by atomic mass is 10.1. The van der Waals surface area contributed by atoms with E-state index in [9.17, 15) is 0 Å². The van der Waals surface area contributed by atoms with Crippen molar-refractivity contribution in [2.75, 3.05) is 0 Å². The second-order valence-electron chi connectivity index (χ2n) is 4.48. The fraction of sp³-hybridized carbons (Fsp3) is 0.0667. The van der Waals surface area contributed by atoms with Gasteiger partial charge in [-0.05, 0) is 42.0 Å². The van der Waals surface area contributed by atoms with Crippen LogP contribution in [0, 0.1) is 0 Å². The van der Waals surface area contributed by atoms with Gasteiger partial charge in [0.2, 0.25) is 0 Å². The molecular formula is C15H12Cl2N2O. The minimum atomic E-state index is -0.238. The van der Waals surface area contributed by atoms with Crippen LogP contribution >= 0.6 is 23.2 Å².